The van der Waals surface area contributed by atoms with Gasteiger partial charge < -0.3 is 14.7 Å². The predicted molar refractivity (Wildman–Crippen MR) is 133 cm³/mol. The van der Waals surface area contributed by atoms with Crippen LogP contribution in [0.25, 0.3) is 22.4 Å². The van der Waals surface area contributed by atoms with Crippen molar-refractivity contribution in [1.29, 1.82) is 0 Å². The maximum Gasteiger partial charge on any atom is 0.258 e. The molecule has 8 nitrogen and oxygen atoms in total. The number of H-pyrrole nitrogens is 1. The van der Waals surface area contributed by atoms with E-state index < -0.39 is 0 Å². The number of aromatic amines is 1. The summed E-state index contributed by atoms with van der Waals surface area (Å²) < 4.78 is 5.91. The van der Waals surface area contributed by atoms with Gasteiger partial charge >= 0.3 is 0 Å². The number of hydrogen-bond acceptors (Lipinski definition) is 6. The summed E-state index contributed by atoms with van der Waals surface area (Å²) in [6, 6.07) is 14.8. The molecule has 2 aromatic carbocycles. The Morgan fingerprint density at radius 3 is 2.74 bits per heavy atom. The number of aromatic nitrogens is 4. The zero-order valence-electron chi connectivity index (χ0n) is 19.2. The third-order valence-corrected chi connectivity index (χ3v) is 6.67. The van der Waals surface area contributed by atoms with Gasteiger partial charge in [-0.2, -0.15) is 0 Å². The second-order valence-corrected chi connectivity index (χ2v) is 9.39. The highest BCUT2D eigenvalue weighted by atomic mass is 35.5. The van der Waals surface area contributed by atoms with E-state index >= 15 is 0 Å². The van der Waals surface area contributed by atoms with Crippen molar-refractivity contribution in [2.24, 2.45) is 0 Å². The van der Waals surface area contributed by atoms with Crippen LogP contribution in [0.2, 0.25) is 5.02 Å². The molecule has 0 aliphatic heterocycles. The smallest absolute Gasteiger partial charge is 0.258 e. The minimum Gasteiger partial charge on any atom is -0.420 e. The van der Waals surface area contributed by atoms with Gasteiger partial charge in [0.05, 0.1) is 10.9 Å². The molecule has 5 rings (SSSR count). The van der Waals surface area contributed by atoms with Gasteiger partial charge in [0.2, 0.25) is 17.7 Å². The van der Waals surface area contributed by atoms with Crippen LogP contribution < -0.4 is 10.9 Å². The number of aryl methyl sites for hydroxylation is 1. The van der Waals surface area contributed by atoms with Crippen LogP contribution in [-0.4, -0.2) is 32.1 Å². The molecular formula is C26H26ClN5O3. The third kappa shape index (κ3) is 5.59. The van der Waals surface area contributed by atoms with Gasteiger partial charge in [-0.25, -0.2) is 4.98 Å². The van der Waals surface area contributed by atoms with E-state index in [2.05, 4.69) is 25.5 Å². The lowest BCUT2D eigenvalue weighted by molar-refractivity contribution is -0.122. The first-order valence-corrected chi connectivity index (χ1v) is 12.3. The van der Waals surface area contributed by atoms with Crippen LogP contribution >= 0.6 is 11.6 Å². The van der Waals surface area contributed by atoms with Crippen LogP contribution in [0.1, 0.15) is 56.2 Å². The SMILES string of the molecule is O=C(CCCc1nc2ccccc2c(=O)[nH]1)N[C@H]1CC[C@H](c2nnc(-c3cccc(Cl)c3)o2)CC1. The summed E-state index contributed by atoms with van der Waals surface area (Å²) >= 11 is 6.06. The summed E-state index contributed by atoms with van der Waals surface area (Å²) in [6.07, 6.45) is 5.05. The van der Waals surface area contributed by atoms with Gasteiger partial charge in [-0.1, -0.05) is 29.8 Å². The highest BCUT2D eigenvalue weighted by molar-refractivity contribution is 6.30. The minimum atomic E-state index is -0.146. The zero-order valence-corrected chi connectivity index (χ0v) is 19.9. The van der Waals surface area contributed by atoms with Crippen LogP contribution in [0.5, 0.6) is 0 Å². The van der Waals surface area contributed by atoms with Crippen molar-refractivity contribution in [3.8, 4) is 11.5 Å². The molecule has 4 aromatic rings. The average Bonchev–Trinajstić information content (AvgIpc) is 3.35. The highest BCUT2D eigenvalue weighted by Gasteiger charge is 2.27. The molecule has 0 bridgehead atoms. The van der Waals surface area contributed by atoms with Crippen molar-refractivity contribution in [3.63, 3.8) is 0 Å². The molecule has 180 valence electrons. The van der Waals surface area contributed by atoms with Crippen LogP contribution in [-0.2, 0) is 11.2 Å². The number of hydrogen-bond donors (Lipinski definition) is 2. The molecule has 1 fully saturated rings. The Morgan fingerprint density at radius 1 is 1.09 bits per heavy atom. The van der Waals surface area contributed by atoms with E-state index in [1.807, 2.05) is 30.3 Å². The number of carbonyl (C=O) groups is 1. The number of rotatable bonds is 7. The van der Waals surface area contributed by atoms with E-state index in [1.165, 1.54) is 0 Å². The molecule has 2 N–H and O–H groups in total. The fraction of sp³-hybridized carbons (Fsp3) is 0.346. The van der Waals surface area contributed by atoms with E-state index in [9.17, 15) is 9.59 Å². The molecule has 2 heterocycles. The largest absolute Gasteiger partial charge is 0.420 e. The first kappa shape index (κ1) is 23.2. The molecule has 0 radical (unpaired) electrons. The lowest BCUT2D eigenvalue weighted by Crippen LogP contribution is -2.37. The lowest BCUT2D eigenvalue weighted by atomic mass is 9.86. The quantitative estimate of drug-likeness (QED) is 0.384. The van der Waals surface area contributed by atoms with Gasteiger partial charge in [0.15, 0.2) is 0 Å². The normalized spacial score (nSPS) is 18.0. The standard InChI is InChI=1S/C26H26ClN5O3/c27-18-6-3-5-17(15-18)26-32-31-25(35-26)16-11-13-19(14-12-16)28-23(33)10-4-9-22-29-21-8-2-1-7-20(21)24(34)30-22/h1-3,5-8,15-16,19H,4,9-14H2,(H,28,33)(H,29,30,34)/t16-,19-. The fourth-order valence-corrected chi connectivity index (χ4v) is 4.78. The Bertz CT molecular complexity index is 1390. The molecule has 2 aromatic heterocycles. The number of carbonyl (C=O) groups excluding carboxylic acids is 1. The van der Waals surface area contributed by atoms with Gasteiger partial charge in [0.25, 0.3) is 5.56 Å². The second-order valence-electron chi connectivity index (χ2n) is 8.96. The van der Waals surface area contributed by atoms with Crippen molar-refractivity contribution in [1.82, 2.24) is 25.5 Å². The molecule has 0 spiro atoms. The molecular weight excluding hydrogens is 466 g/mol. The zero-order chi connectivity index (χ0) is 24.2. The van der Waals surface area contributed by atoms with Crippen LogP contribution in [0, 0.1) is 0 Å². The maximum atomic E-state index is 12.5. The van der Waals surface area contributed by atoms with E-state index in [1.54, 1.807) is 18.2 Å². The van der Waals surface area contributed by atoms with Crippen molar-refractivity contribution in [2.75, 3.05) is 0 Å². The van der Waals surface area contributed by atoms with Crippen molar-refractivity contribution in [2.45, 2.75) is 56.9 Å². The second kappa shape index (κ2) is 10.4. The van der Waals surface area contributed by atoms with E-state index in [-0.39, 0.29) is 23.4 Å². The third-order valence-electron chi connectivity index (χ3n) is 6.43. The number of halogens is 1. The molecule has 1 aliphatic carbocycles. The van der Waals surface area contributed by atoms with Gasteiger partial charge in [-0.05, 0) is 62.4 Å². The molecule has 0 saturated heterocycles. The number of benzene rings is 2. The summed E-state index contributed by atoms with van der Waals surface area (Å²) in [5.74, 6) is 1.94. The number of para-hydroxylation sites is 1. The van der Waals surface area contributed by atoms with Gasteiger partial charge in [-0.15, -0.1) is 10.2 Å². The number of amides is 1. The number of nitrogens with one attached hydrogen (secondary N) is 2. The monoisotopic (exact) mass is 491 g/mol. The van der Waals surface area contributed by atoms with E-state index in [0.29, 0.717) is 52.8 Å². The Balaban J connectivity index is 1.08. The average molecular weight is 492 g/mol. The van der Waals surface area contributed by atoms with Crippen LogP contribution in [0.3, 0.4) is 0 Å². The first-order valence-electron chi connectivity index (χ1n) is 11.9. The molecule has 0 unspecified atom stereocenters. The van der Waals surface area contributed by atoms with Crippen molar-refractivity contribution in [3.05, 3.63) is 75.6 Å². The van der Waals surface area contributed by atoms with Crippen LogP contribution in [0.4, 0.5) is 0 Å². The Morgan fingerprint density at radius 2 is 1.91 bits per heavy atom. The topological polar surface area (TPSA) is 114 Å². The van der Waals surface area contributed by atoms with Gasteiger partial charge in [0.1, 0.15) is 5.82 Å². The maximum absolute atomic E-state index is 12.5. The summed E-state index contributed by atoms with van der Waals surface area (Å²) in [4.78, 5) is 32.0. The molecule has 0 atom stereocenters. The molecule has 1 amide bonds. The highest BCUT2D eigenvalue weighted by Crippen LogP contribution is 2.33. The van der Waals surface area contributed by atoms with Gasteiger partial charge in [-0.3, -0.25) is 9.59 Å². The van der Waals surface area contributed by atoms with Gasteiger partial charge in [0, 0.05) is 35.4 Å². The molecule has 1 saturated carbocycles. The summed E-state index contributed by atoms with van der Waals surface area (Å²) in [5.41, 5.74) is 1.33. The Kier molecular flexibility index (Phi) is 6.90. The molecule has 1 aliphatic rings. The van der Waals surface area contributed by atoms with E-state index in [0.717, 1.165) is 31.2 Å². The van der Waals surface area contributed by atoms with Crippen molar-refractivity contribution >= 4 is 28.4 Å². The predicted octanol–water partition coefficient (Wildman–Crippen LogP) is 4.79. The number of fused-ring (bicyclic) bond motifs is 1. The number of nitrogens with zero attached hydrogens (tertiary/aromatic N) is 3. The fourth-order valence-electron chi connectivity index (χ4n) is 4.59. The Labute approximate surface area is 207 Å². The first-order chi connectivity index (χ1) is 17.0. The van der Waals surface area contributed by atoms with E-state index in [4.69, 9.17) is 16.0 Å². The molecule has 9 heteroatoms. The molecule has 35 heavy (non-hydrogen) atoms. The Hall–Kier alpha value is -3.52. The minimum absolute atomic E-state index is 0.0256. The van der Waals surface area contributed by atoms with Crippen LogP contribution in [0.15, 0.2) is 57.7 Å². The summed E-state index contributed by atoms with van der Waals surface area (Å²) in [5, 5.41) is 12.8. The lowest BCUT2D eigenvalue weighted by Gasteiger charge is -2.27. The summed E-state index contributed by atoms with van der Waals surface area (Å²) in [6.45, 7) is 0. The summed E-state index contributed by atoms with van der Waals surface area (Å²) in [7, 11) is 0. The van der Waals surface area contributed by atoms with Crippen molar-refractivity contribution < 1.29 is 9.21 Å².